The van der Waals surface area contributed by atoms with Crippen molar-refractivity contribution in [3.8, 4) is 11.1 Å². The SMILES string of the molecule is NS(=O)(=O)c1cccc(-c2cc(Cl)ccc2CS(=O)O)c1F. The Morgan fingerprint density at radius 2 is 1.91 bits per heavy atom. The summed E-state index contributed by atoms with van der Waals surface area (Å²) in [5.74, 6) is -1.27. The number of sulfonamides is 1. The average molecular weight is 364 g/mol. The van der Waals surface area contributed by atoms with Crippen molar-refractivity contribution < 1.29 is 21.6 Å². The maximum atomic E-state index is 14.5. The molecule has 9 heteroatoms. The van der Waals surface area contributed by atoms with Crippen LogP contribution in [0.25, 0.3) is 11.1 Å². The van der Waals surface area contributed by atoms with Crippen molar-refractivity contribution in [3.05, 3.63) is 52.8 Å². The zero-order valence-electron chi connectivity index (χ0n) is 11.0. The second-order valence-corrected chi connectivity index (χ2v) is 7.33. The lowest BCUT2D eigenvalue weighted by atomic mass is 10.00. The Kier molecular flexibility index (Phi) is 4.98. The smallest absolute Gasteiger partial charge is 0.240 e. The molecule has 0 aromatic heterocycles. The van der Waals surface area contributed by atoms with Crippen molar-refractivity contribution in [1.29, 1.82) is 0 Å². The molecule has 22 heavy (non-hydrogen) atoms. The molecule has 0 spiro atoms. The van der Waals surface area contributed by atoms with Crippen LogP contribution in [0.15, 0.2) is 41.3 Å². The molecule has 0 aliphatic rings. The molecule has 2 aromatic rings. The molecule has 0 radical (unpaired) electrons. The third-order valence-corrected chi connectivity index (χ3v) is 4.63. The van der Waals surface area contributed by atoms with Crippen LogP contribution in [0.3, 0.4) is 0 Å². The number of hydrogen-bond acceptors (Lipinski definition) is 3. The highest BCUT2D eigenvalue weighted by Crippen LogP contribution is 2.32. The highest BCUT2D eigenvalue weighted by atomic mass is 35.5. The topological polar surface area (TPSA) is 97.5 Å². The van der Waals surface area contributed by atoms with E-state index in [9.17, 15) is 17.0 Å². The van der Waals surface area contributed by atoms with Crippen molar-refractivity contribution >= 4 is 32.7 Å². The van der Waals surface area contributed by atoms with E-state index in [1.165, 1.54) is 30.3 Å². The number of primary sulfonamides is 1. The van der Waals surface area contributed by atoms with Crippen LogP contribution in [-0.2, 0) is 26.9 Å². The molecule has 0 aliphatic heterocycles. The van der Waals surface area contributed by atoms with Crippen LogP contribution in [0.1, 0.15) is 5.56 Å². The predicted molar refractivity (Wildman–Crippen MR) is 82.7 cm³/mol. The maximum absolute atomic E-state index is 14.5. The molecule has 5 nitrogen and oxygen atoms in total. The van der Waals surface area contributed by atoms with Gasteiger partial charge in [-0.2, -0.15) is 0 Å². The van der Waals surface area contributed by atoms with Gasteiger partial charge in [0.1, 0.15) is 4.90 Å². The molecule has 3 N–H and O–H groups in total. The first-order valence-electron chi connectivity index (χ1n) is 5.87. The minimum atomic E-state index is -4.23. The van der Waals surface area contributed by atoms with E-state index in [4.69, 9.17) is 21.3 Å². The molecule has 118 valence electrons. The molecular weight excluding hydrogens is 353 g/mol. The van der Waals surface area contributed by atoms with Gasteiger partial charge < -0.3 is 4.55 Å². The molecule has 1 atom stereocenters. The van der Waals surface area contributed by atoms with Crippen LogP contribution >= 0.6 is 11.6 Å². The van der Waals surface area contributed by atoms with Gasteiger partial charge >= 0.3 is 0 Å². The molecule has 0 heterocycles. The molecule has 0 saturated carbocycles. The summed E-state index contributed by atoms with van der Waals surface area (Å²) in [6, 6.07) is 8.10. The third-order valence-electron chi connectivity index (χ3n) is 2.91. The van der Waals surface area contributed by atoms with Gasteiger partial charge in [-0.15, -0.1) is 0 Å². The number of benzene rings is 2. The summed E-state index contributed by atoms with van der Waals surface area (Å²) < 4.78 is 57.3. The molecule has 2 aromatic carbocycles. The van der Waals surface area contributed by atoms with Crippen molar-refractivity contribution in [3.63, 3.8) is 0 Å². The van der Waals surface area contributed by atoms with E-state index >= 15 is 0 Å². The van der Waals surface area contributed by atoms with E-state index in [2.05, 4.69) is 0 Å². The van der Waals surface area contributed by atoms with E-state index < -0.39 is 31.8 Å². The summed E-state index contributed by atoms with van der Waals surface area (Å²) in [5, 5.41) is 5.25. The van der Waals surface area contributed by atoms with E-state index in [0.717, 1.165) is 6.07 Å². The zero-order valence-corrected chi connectivity index (χ0v) is 13.4. The Morgan fingerprint density at radius 3 is 2.50 bits per heavy atom. The number of nitrogens with two attached hydrogens (primary N) is 1. The Bertz CT molecular complexity index is 855. The minimum absolute atomic E-state index is 0.0607. The highest BCUT2D eigenvalue weighted by Gasteiger charge is 2.20. The fourth-order valence-corrected chi connectivity index (χ4v) is 3.31. The molecule has 0 saturated heterocycles. The van der Waals surface area contributed by atoms with Crippen molar-refractivity contribution in [2.75, 3.05) is 0 Å². The standard InChI is InChI=1S/C13H11ClFNO4S2/c14-9-5-4-8(7-21(17)18)11(6-9)10-2-1-3-12(13(10)15)22(16,19)20/h1-6H,7H2,(H,17,18)(H2,16,19,20). The van der Waals surface area contributed by atoms with Gasteiger partial charge in [0.2, 0.25) is 10.0 Å². The van der Waals surface area contributed by atoms with E-state index in [1.807, 2.05) is 0 Å². The fraction of sp³-hybridized carbons (Fsp3) is 0.0769. The minimum Gasteiger partial charge on any atom is -0.306 e. The lowest BCUT2D eigenvalue weighted by Gasteiger charge is -2.12. The van der Waals surface area contributed by atoms with Gasteiger partial charge in [-0.3, -0.25) is 0 Å². The largest absolute Gasteiger partial charge is 0.306 e. The lowest BCUT2D eigenvalue weighted by Crippen LogP contribution is -2.14. The Hall–Kier alpha value is -1.32. The second kappa shape index (κ2) is 6.43. The van der Waals surface area contributed by atoms with Crippen molar-refractivity contribution in [2.45, 2.75) is 10.6 Å². The Morgan fingerprint density at radius 1 is 1.23 bits per heavy atom. The normalized spacial score (nSPS) is 13.1. The molecular formula is C13H11ClFNO4S2. The summed E-state index contributed by atoms with van der Waals surface area (Å²) in [6.07, 6.45) is 0. The molecule has 0 bridgehead atoms. The fourth-order valence-electron chi connectivity index (χ4n) is 2.00. The number of hydrogen-bond donors (Lipinski definition) is 2. The first kappa shape index (κ1) is 17.0. The molecule has 0 aliphatic carbocycles. The summed E-state index contributed by atoms with van der Waals surface area (Å²) in [6.45, 7) is 0. The van der Waals surface area contributed by atoms with Crippen molar-refractivity contribution in [1.82, 2.24) is 0 Å². The van der Waals surface area contributed by atoms with Crippen LogP contribution < -0.4 is 5.14 Å². The predicted octanol–water partition coefficient (Wildman–Crippen LogP) is 2.52. The summed E-state index contributed by atoms with van der Waals surface area (Å²) >= 11 is 3.74. The van der Waals surface area contributed by atoms with Crippen LogP contribution in [0.5, 0.6) is 0 Å². The van der Waals surface area contributed by atoms with Crippen LogP contribution in [0.2, 0.25) is 5.02 Å². The Labute approximate surface area is 134 Å². The van der Waals surface area contributed by atoms with Gasteiger partial charge in [-0.05, 0) is 29.3 Å². The zero-order chi connectivity index (χ0) is 16.5. The van der Waals surface area contributed by atoms with Gasteiger partial charge in [-0.1, -0.05) is 29.8 Å². The first-order valence-corrected chi connectivity index (χ1v) is 9.07. The molecule has 0 amide bonds. The summed E-state index contributed by atoms with van der Waals surface area (Å²) in [7, 11) is -4.23. The number of rotatable bonds is 4. The lowest BCUT2D eigenvalue weighted by molar-refractivity contribution is 0.562. The summed E-state index contributed by atoms with van der Waals surface area (Å²) in [5.41, 5.74) is 0.531. The van der Waals surface area contributed by atoms with Gasteiger partial charge in [0, 0.05) is 10.6 Å². The first-order chi connectivity index (χ1) is 10.2. The van der Waals surface area contributed by atoms with Gasteiger partial charge in [0.15, 0.2) is 16.9 Å². The van der Waals surface area contributed by atoms with Crippen LogP contribution in [0, 0.1) is 5.82 Å². The summed E-state index contributed by atoms with van der Waals surface area (Å²) in [4.78, 5) is -0.652. The molecule has 1 unspecified atom stereocenters. The van der Waals surface area contributed by atoms with E-state index in [1.54, 1.807) is 0 Å². The van der Waals surface area contributed by atoms with Gasteiger partial charge in [0.25, 0.3) is 0 Å². The Balaban J connectivity index is 2.72. The van der Waals surface area contributed by atoms with Gasteiger partial charge in [-0.25, -0.2) is 22.2 Å². The van der Waals surface area contributed by atoms with E-state index in [0.29, 0.717) is 5.56 Å². The monoisotopic (exact) mass is 363 g/mol. The third kappa shape index (κ3) is 3.71. The highest BCUT2D eigenvalue weighted by molar-refractivity contribution is 7.89. The maximum Gasteiger partial charge on any atom is 0.240 e. The number of halogens is 2. The van der Waals surface area contributed by atoms with Gasteiger partial charge in [0.05, 0.1) is 5.75 Å². The second-order valence-electron chi connectivity index (χ2n) is 4.43. The van der Waals surface area contributed by atoms with Crippen LogP contribution in [-0.4, -0.2) is 17.2 Å². The van der Waals surface area contributed by atoms with Crippen LogP contribution in [0.4, 0.5) is 4.39 Å². The quantitative estimate of drug-likeness (QED) is 0.815. The molecule has 2 rings (SSSR count). The van der Waals surface area contributed by atoms with Crippen molar-refractivity contribution in [2.24, 2.45) is 5.14 Å². The molecule has 0 fully saturated rings. The average Bonchev–Trinajstić information content (AvgIpc) is 2.39. The van der Waals surface area contributed by atoms with E-state index in [-0.39, 0.29) is 21.9 Å².